The summed E-state index contributed by atoms with van der Waals surface area (Å²) < 4.78 is 11.3. The summed E-state index contributed by atoms with van der Waals surface area (Å²) in [5, 5.41) is 3.07. The topological polar surface area (TPSA) is 47.6 Å². The van der Waals surface area contributed by atoms with Gasteiger partial charge in [-0.05, 0) is 69.2 Å². The van der Waals surface area contributed by atoms with E-state index in [1.165, 1.54) is 5.56 Å². The van der Waals surface area contributed by atoms with Crippen LogP contribution in [-0.4, -0.2) is 17.7 Å². The molecule has 1 N–H and O–H groups in total. The molecule has 1 fully saturated rings. The average molecular weight is 382 g/mol. The molecule has 0 radical (unpaired) electrons. The Morgan fingerprint density at radius 2 is 1.71 bits per heavy atom. The summed E-state index contributed by atoms with van der Waals surface area (Å²) in [5.41, 5.74) is 1.97. The Bertz CT molecular complexity index is 750. The normalized spacial score (nSPS) is 19.2. The van der Waals surface area contributed by atoms with Gasteiger partial charge in [0.1, 0.15) is 18.0 Å². The lowest BCUT2D eigenvalue weighted by Gasteiger charge is -2.25. The van der Waals surface area contributed by atoms with Crippen LogP contribution in [0.4, 0.5) is 4.79 Å². The molecule has 150 valence electrons. The number of alkyl carbamates (subject to hydrolysis) is 1. The molecular weight excluding hydrogens is 350 g/mol. The monoisotopic (exact) mass is 381 g/mol. The SMILES string of the molecule is CC(C)(C)OC(=O)NC1CCCC1Cc1ccc(OCc2ccccc2)cc1. The van der Waals surface area contributed by atoms with Gasteiger partial charge in [-0.2, -0.15) is 0 Å². The predicted octanol–water partition coefficient (Wildman–Crippen LogP) is 5.50. The third-order valence-corrected chi connectivity index (χ3v) is 5.03. The van der Waals surface area contributed by atoms with E-state index in [0.29, 0.717) is 12.5 Å². The Balaban J connectivity index is 1.50. The maximum absolute atomic E-state index is 12.1. The highest BCUT2D eigenvalue weighted by molar-refractivity contribution is 5.68. The van der Waals surface area contributed by atoms with E-state index in [1.54, 1.807) is 0 Å². The van der Waals surface area contributed by atoms with Crippen molar-refractivity contribution in [2.24, 2.45) is 5.92 Å². The van der Waals surface area contributed by atoms with Crippen LogP contribution in [0.25, 0.3) is 0 Å². The Kier molecular flexibility index (Phi) is 6.61. The van der Waals surface area contributed by atoms with Crippen LogP contribution in [0.5, 0.6) is 5.75 Å². The van der Waals surface area contributed by atoms with E-state index >= 15 is 0 Å². The molecule has 2 atom stereocenters. The van der Waals surface area contributed by atoms with Gasteiger partial charge in [-0.25, -0.2) is 4.79 Å². The van der Waals surface area contributed by atoms with E-state index in [0.717, 1.165) is 37.0 Å². The molecule has 2 aromatic carbocycles. The first-order valence-corrected chi connectivity index (χ1v) is 10.1. The molecular formula is C24H31NO3. The number of ether oxygens (including phenoxy) is 2. The lowest BCUT2D eigenvalue weighted by molar-refractivity contribution is 0.0493. The van der Waals surface area contributed by atoms with Crippen LogP contribution in [-0.2, 0) is 17.8 Å². The Morgan fingerprint density at radius 3 is 2.39 bits per heavy atom. The van der Waals surface area contributed by atoms with Crippen molar-refractivity contribution in [1.82, 2.24) is 5.32 Å². The third-order valence-electron chi connectivity index (χ3n) is 5.03. The van der Waals surface area contributed by atoms with Crippen LogP contribution in [0.1, 0.15) is 51.2 Å². The first-order chi connectivity index (χ1) is 13.4. The maximum atomic E-state index is 12.1. The van der Waals surface area contributed by atoms with Gasteiger partial charge in [0.25, 0.3) is 0 Å². The molecule has 2 aromatic rings. The second-order valence-electron chi connectivity index (χ2n) is 8.57. The Labute approximate surface area is 168 Å². The highest BCUT2D eigenvalue weighted by atomic mass is 16.6. The van der Waals surface area contributed by atoms with Crippen molar-refractivity contribution in [3.63, 3.8) is 0 Å². The van der Waals surface area contributed by atoms with Crippen LogP contribution in [0, 0.1) is 5.92 Å². The molecule has 1 aliphatic carbocycles. The zero-order valence-corrected chi connectivity index (χ0v) is 17.1. The molecule has 0 saturated heterocycles. The largest absolute Gasteiger partial charge is 0.489 e. The van der Waals surface area contributed by atoms with E-state index < -0.39 is 5.60 Å². The molecule has 2 unspecified atom stereocenters. The van der Waals surface area contributed by atoms with Crippen molar-refractivity contribution in [2.45, 2.75) is 64.7 Å². The molecule has 1 aliphatic rings. The number of hydrogen-bond donors (Lipinski definition) is 1. The average Bonchev–Trinajstić information content (AvgIpc) is 3.07. The fourth-order valence-corrected chi connectivity index (χ4v) is 3.70. The lowest BCUT2D eigenvalue weighted by Crippen LogP contribution is -2.41. The summed E-state index contributed by atoms with van der Waals surface area (Å²) in [6, 6.07) is 18.7. The minimum atomic E-state index is -0.465. The second-order valence-corrected chi connectivity index (χ2v) is 8.57. The van der Waals surface area contributed by atoms with Gasteiger partial charge in [0.15, 0.2) is 0 Å². The van der Waals surface area contributed by atoms with Gasteiger partial charge in [0, 0.05) is 6.04 Å². The number of carbonyl (C=O) groups is 1. The van der Waals surface area contributed by atoms with Gasteiger partial charge in [-0.3, -0.25) is 0 Å². The van der Waals surface area contributed by atoms with Crippen LogP contribution >= 0.6 is 0 Å². The quantitative estimate of drug-likeness (QED) is 0.718. The van der Waals surface area contributed by atoms with Gasteiger partial charge in [0.2, 0.25) is 0 Å². The van der Waals surface area contributed by atoms with E-state index in [4.69, 9.17) is 9.47 Å². The fraction of sp³-hybridized carbons (Fsp3) is 0.458. The van der Waals surface area contributed by atoms with Gasteiger partial charge >= 0.3 is 6.09 Å². The van der Waals surface area contributed by atoms with Gasteiger partial charge in [-0.15, -0.1) is 0 Å². The maximum Gasteiger partial charge on any atom is 0.407 e. The van der Waals surface area contributed by atoms with Crippen molar-refractivity contribution < 1.29 is 14.3 Å². The van der Waals surface area contributed by atoms with Crippen LogP contribution in [0.2, 0.25) is 0 Å². The van der Waals surface area contributed by atoms with Crippen molar-refractivity contribution in [1.29, 1.82) is 0 Å². The smallest absolute Gasteiger partial charge is 0.407 e. The summed E-state index contributed by atoms with van der Waals surface area (Å²) in [6.07, 6.45) is 3.94. The molecule has 28 heavy (non-hydrogen) atoms. The second kappa shape index (κ2) is 9.13. The molecule has 1 saturated carbocycles. The number of amides is 1. The minimum absolute atomic E-state index is 0.184. The number of nitrogens with one attached hydrogen (secondary N) is 1. The standard InChI is InChI=1S/C24H31NO3/c1-24(2,3)28-23(26)25-22-11-7-10-20(22)16-18-12-14-21(15-13-18)27-17-19-8-5-4-6-9-19/h4-6,8-9,12-15,20,22H,7,10-11,16-17H2,1-3H3,(H,25,26). The summed E-state index contributed by atoms with van der Waals surface area (Å²) in [7, 11) is 0. The lowest BCUT2D eigenvalue weighted by atomic mass is 9.94. The van der Waals surface area contributed by atoms with E-state index in [1.807, 2.05) is 51.1 Å². The highest BCUT2D eigenvalue weighted by Gasteiger charge is 2.30. The molecule has 1 amide bonds. The van der Waals surface area contributed by atoms with E-state index in [9.17, 15) is 4.79 Å². The van der Waals surface area contributed by atoms with Crippen LogP contribution < -0.4 is 10.1 Å². The summed E-state index contributed by atoms with van der Waals surface area (Å²) in [5.74, 6) is 1.33. The van der Waals surface area contributed by atoms with Gasteiger partial charge < -0.3 is 14.8 Å². The molecule has 0 bridgehead atoms. The molecule has 0 aromatic heterocycles. The van der Waals surface area contributed by atoms with Crippen molar-refractivity contribution >= 4 is 6.09 Å². The van der Waals surface area contributed by atoms with Crippen molar-refractivity contribution in [2.75, 3.05) is 0 Å². The number of rotatable bonds is 6. The van der Waals surface area contributed by atoms with Crippen LogP contribution in [0.3, 0.4) is 0 Å². The summed E-state index contributed by atoms with van der Waals surface area (Å²) >= 11 is 0. The van der Waals surface area contributed by atoms with Crippen molar-refractivity contribution in [3.05, 3.63) is 65.7 Å². The van der Waals surface area contributed by atoms with E-state index in [2.05, 4.69) is 29.6 Å². The third kappa shape index (κ3) is 6.29. The minimum Gasteiger partial charge on any atom is -0.489 e. The summed E-state index contributed by atoms with van der Waals surface area (Å²) in [6.45, 7) is 6.24. The van der Waals surface area contributed by atoms with E-state index in [-0.39, 0.29) is 12.1 Å². The molecule has 0 aliphatic heterocycles. The predicted molar refractivity (Wildman–Crippen MR) is 111 cm³/mol. The van der Waals surface area contributed by atoms with Crippen molar-refractivity contribution in [3.8, 4) is 5.75 Å². The molecule has 0 spiro atoms. The Hall–Kier alpha value is -2.49. The number of carbonyl (C=O) groups excluding carboxylic acids is 1. The zero-order chi connectivity index (χ0) is 20.0. The molecule has 0 heterocycles. The fourth-order valence-electron chi connectivity index (χ4n) is 3.70. The van der Waals surface area contributed by atoms with Gasteiger partial charge in [0.05, 0.1) is 0 Å². The molecule has 4 nitrogen and oxygen atoms in total. The van der Waals surface area contributed by atoms with Crippen LogP contribution in [0.15, 0.2) is 54.6 Å². The first kappa shape index (κ1) is 20.2. The molecule has 3 rings (SSSR count). The summed E-state index contributed by atoms with van der Waals surface area (Å²) in [4.78, 5) is 12.1. The number of hydrogen-bond acceptors (Lipinski definition) is 3. The number of benzene rings is 2. The highest BCUT2D eigenvalue weighted by Crippen LogP contribution is 2.29. The first-order valence-electron chi connectivity index (χ1n) is 10.1. The van der Waals surface area contributed by atoms with Gasteiger partial charge in [-0.1, -0.05) is 48.9 Å². The Morgan fingerprint density at radius 1 is 1.00 bits per heavy atom. The molecule has 4 heteroatoms. The zero-order valence-electron chi connectivity index (χ0n) is 17.1.